The van der Waals surface area contributed by atoms with Crippen molar-refractivity contribution in [3.8, 4) is 0 Å². The van der Waals surface area contributed by atoms with Crippen molar-refractivity contribution in [3.05, 3.63) is 51.2 Å². The van der Waals surface area contributed by atoms with Gasteiger partial charge in [0.1, 0.15) is 16.2 Å². The van der Waals surface area contributed by atoms with Crippen LogP contribution in [0.4, 0.5) is 9.18 Å². The minimum absolute atomic E-state index is 0.0220. The first-order valence-electron chi connectivity index (χ1n) is 11.9. The number of likely N-dealkylation sites (tertiary alicyclic amines) is 1. The summed E-state index contributed by atoms with van der Waals surface area (Å²) < 4.78 is 13.5. The second-order valence-corrected chi connectivity index (χ2v) is 11.0. The number of aryl methyl sites for hydroxylation is 2. The highest BCUT2D eigenvalue weighted by Crippen LogP contribution is 2.39. The number of hydrogen-bond donors (Lipinski definition) is 1. The number of hydrogen-bond acceptors (Lipinski definition) is 5. The Labute approximate surface area is 202 Å². The molecule has 1 saturated carbocycles. The van der Waals surface area contributed by atoms with Crippen LogP contribution >= 0.6 is 11.3 Å². The Kier molecular flexibility index (Phi) is 5.91. The molecule has 34 heavy (non-hydrogen) atoms. The third-order valence-electron chi connectivity index (χ3n) is 7.31. The molecule has 7 nitrogen and oxygen atoms in total. The van der Waals surface area contributed by atoms with E-state index >= 15 is 0 Å². The summed E-state index contributed by atoms with van der Waals surface area (Å²) in [5, 5.41) is 3.92. The van der Waals surface area contributed by atoms with Crippen LogP contribution in [-0.2, 0) is 11.2 Å². The lowest BCUT2D eigenvalue weighted by atomic mass is 9.74. The second-order valence-electron chi connectivity index (χ2n) is 9.78. The molecule has 1 aromatic carbocycles. The summed E-state index contributed by atoms with van der Waals surface area (Å²) in [4.78, 5) is 48.0. The van der Waals surface area contributed by atoms with Crippen molar-refractivity contribution in [2.75, 3.05) is 19.6 Å². The normalized spacial score (nSPS) is 23.5. The number of nitrogens with one attached hydrogen (secondary N) is 1. The molecule has 0 radical (unpaired) electrons. The molecule has 1 N–H and O–H groups in total. The van der Waals surface area contributed by atoms with Crippen LogP contribution in [0.1, 0.15) is 51.6 Å². The lowest BCUT2D eigenvalue weighted by Crippen LogP contribution is -2.58. The van der Waals surface area contributed by atoms with E-state index in [1.807, 2.05) is 18.7 Å². The van der Waals surface area contributed by atoms with E-state index in [1.165, 1.54) is 28.4 Å². The van der Waals surface area contributed by atoms with E-state index in [9.17, 15) is 18.8 Å². The van der Waals surface area contributed by atoms with E-state index in [0.717, 1.165) is 29.1 Å². The standard InChI is InChI=1S/C25H29FN4O3S/c1-15-21(34-16(2)27-15)22(31)29-11-9-19(10-12-29)25(13-17-5-7-20(26)8-6-17)23(32)30(24(33)28-25)14-18-3-4-18/h5-8,18-19H,3-4,9-14H2,1-2H3,(H,28,33)/t25-/m0/s1. The fraction of sp³-hybridized carbons (Fsp3) is 0.520. The van der Waals surface area contributed by atoms with Crippen molar-refractivity contribution in [1.29, 1.82) is 0 Å². The van der Waals surface area contributed by atoms with Gasteiger partial charge in [0.05, 0.1) is 10.7 Å². The van der Waals surface area contributed by atoms with Gasteiger partial charge in [0.2, 0.25) is 0 Å². The zero-order chi connectivity index (χ0) is 24.0. The number of imide groups is 1. The van der Waals surface area contributed by atoms with E-state index in [0.29, 0.717) is 49.7 Å². The number of rotatable bonds is 6. The first-order chi connectivity index (χ1) is 16.3. The van der Waals surface area contributed by atoms with Crippen LogP contribution in [0, 0.1) is 31.5 Å². The Hall–Kier alpha value is -2.81. The molecule has 1 aliphatic carbocycles. The molecule has 3 heterocycles. The van der Waals surface area contributed by atoms with Crippen LogP contribution in [0.25, 0.3) is 0 Å². The summed E-state index contributed by atoms with van der Waals surface area (Å²) >= 11 is 1.41. The molecule has 4 amide bonds. The molecule has 2 aliphatic heterocycles. The zero-order valence-electron chi connectivity index (χ0n) is 19.5. The molecule has 1 atom stereocenters. The summed E-state index contributed by atoms with van der Waals surface area (Å²) in [6.45, 7) is 5.22. The number of carbonyl (C=O) groups excluding carboxylic acids is 3. The van der Waals surface area contributed by atoms with Crippen molar-refractivity contribution in [2.45, 2.75) is 51.5 Å². The number of carbonyl (C=O) groups is 3. The molecule has 3 aliphatic rings. The molecule has 1 aromatic heterocycles. The lowest BCUT2D eigenvalue weighted by Gasteiger charge is -2.41. The molecule has 0 unspecified atom stereocenters. The SMILES string of the molecule is Cc1nc(C)c(C(=O)N2CCC([C@]3(Cc4ccc(F)cc4)NC(=O)N(CC4CC4)C3=O)CC2)s1. The number of thiazole rings is 1. The Morgan fingerprint density at radius 1 is 1.15 bits per heavy atom. The van der Waals surface area contributed by atoms with Crippen molar-refractivity contribution < 1.29 is 18.8 Å². The smallest absolute Gasteiger partial charge is 0.325 e. The fourth-order valence-corrected chi connectivity index (χ4v) is 6.17. The summed E-state index contributed by atoms with van der Waals surface area (Å²) in [6.07, 6.45) is 3.60. The third-order valence-corrected chi connectivity index (χ3v) is 8.37. The maximum absolute atomic E-state index is 13.7. The molecule has 3 fully saturated rings. The van der Waals surface area contributed by atoms with Crippen LogP contribution in [0.2, 0.25) is 0 Å². The largest absolute Gasteiger partial charge is 0.338 e. The van der Waals surface area contributed by atoms with Gasteiger partial charge >= 0.3 is 6.03 Å². The summed E-state index contributed by atoms with van der Waals surface area (Å²) in [5.41, 5.74) is 0.476. The average molecular weight is 485 g/mol. The Morgan fingerprint density at radius 3 is 2.41 bits per heavy atom. The molecule has 2 aromatic rings. The highest BCUT2D eigenvalue weighted by atomic mass is 32.1. The maximum atomic E-state index is 13.7. The van der Waals surface area contributed by atoms with Gasteiger partial charge in [-0.2, -0.15) is 0 Å². The van der Waals surface area contributed by atoms with Crippen LogP contribution in [0.3, 0.4) is 0 Å². The quantitative estimate of drug-likeness (QED) is 0.634. The van der Waals surface area contributed by atoms with Gasteiger partial charge < -0.3 is 10.2 Å². The van der Waals surface area contributed by atoms with Crippen molar-refractivity contribution >= 4 is 29.2 Å². The fourth-order valence-electron chi connectivity index (χ4n) is 5.28. The second kappa shape index (κ2) is 8.76. The Balaban J connectivity index is 1.37. The summed E-state index contributed by atoms with van der Waals surface area (Å²) in [7, 11) is 0. The number of urea groups is 1. The van der Waals surface area contributed by atoms with E-state index in [-0.39, 0.29) is 29.6 Å². The third kappa shape index (κ3) is 4.21. The molecule has 9 heteroatoms. The van der Waals surface area contributed by atoms with E-state index in [2.05, 4.69) is 10.3 Å². The van der Waals surface area contributed by atoms with Crippen LogP contribution in [-0.4, -0.2) is 57.8 Å². The number of nitrogens with zero attached hydrogens (tertiary/aromatic N) is 3. The van der Waals surface area contributed by atoms with Gasteiger partial charge in [-0.1, -0.05) is 12.1 Å². The first-order valence-corrected chi connectivity index (χ1v) is 12.7. The number of benzene rings is 1. The monoisotopic (exact) mass is 484 g/mol. The molecular weight excluding hydrogens is 455 g/mol. The highest BCUT2D eigenvalue weighted by Gasteiger charge is 2.56. The first kappa shape index (κ1) is 23.0. The van der Waals surface area contributed by atoms with Crippen molar-refractivity contribution in [2.24, 2.45) is 11.8 Å². The molecule has 0 spiro atoms. The van der Waals surface area contributed by atoms with Gasteiger partial charge in [-0.05, 0) is 69.1 Å². The molecule has 2 saturated heterocycles. The van der Waals surface area contributed by atoms with Crippen molar-refractivity contribution in [3.63, 3.8) is 0 Å². The minimum Gasteiger partial charge on any atom is -0.338 e. The molecule has 0 bridgehead atoms. The molecular formula is C25H29FN4O3S. The molecule has 5 rings (SSSR count). The van der Waals surface area contributed by atoms with Crippen LogP contribution in [0.15, 0.2) is 24.3 Å². The van der Waals surface area contributed by atoms with Gasteiger partial charge in [-0.25, -0.2) is 14.2 Å². The minimum atomic E-state index is -1.07. The van der Waals surface area contributed by atoms with Gasteiger partial charge in [-0.15, -0.1) is 11.3 Å². The maximum Gasteiger partial charge on any atom is 0.325 e. The zero-order valence-corrected chi connectivity index (χ0v) is 20.3. The number of aromatic nitrogens is 1. The van der Waals surface area contributed by atoms with Gasteiger partial charge in [0.25, 0.3) is 11.8 Å². The van der Waals surface area contributed by atoms with Crippen LogP contribution in [0.5, 0.6) is 0 Å². The van der Waals surface area contributed by atoms with E-state index < -0.39 is 5.54 Å². The number of amides is 4. The summed E-state index contributed by atoms with van der Waals surface area (Å²) in [5.74, 6) is -0.275. The van der Waals surface area contributed by atoms with Gasteiger partial charge in [0.15, 0.2) is 0 Å². The number of piperidine rings is 1. The topological polar surface area (TPSA) is 82.6 Å². The predicted molar refractivity (Wildman–Crippen MR) is 126 cm³/mol. The van der Waals surface area contributed by atoms with Gasteiger partial charge in [-0.3, -0.25) is 14.5 Å². The molecule has 180 valence electrons. The Morgan fingerprint density at radius 2 is 1.82 bits per heavy atom. The van der Waals surface area contributed by atoms with Crippen molar-refractivity contribution in [1.82, 2.24) is 20.1 Å². The van der Waals surface area contributed by atoms with E-state index in [4.69, 9.17) is 0 Å². The summed E-state index contributed by atoms with van der Waals surface area (Å²) in [6, 6.07) is 5.77. The lowest BCUT2D eigenvalue weighted by molar-refractivity contribution is -0.134. The van der Waals surface area contributed by atoms with E-state index in [1.54, 1.807) is 12.1 Å². The Bertz CT molecular complexity index is 1120. The van der Waals surface area contributed by atoms with Crippen LogP contribution < -0.4 is 5.32 Å². The average Bonchev–Trinajstić information content (AvgIpc) is 3.54. The predicted octanol–water partition coefficient (Wildman–Crippen LogP) is 3.69. The number of halogens is 1. The van der Waals surface area contributed by atoms with Gasteiger partial charge in [0, 0.05) is 26.1 Å². The highest BCUT2D eigenvalue weighted by molar-refractivity contribution is 7.13.